The van der Waals surface area contributed by atoms with Gasteiger partial charge in [0.25, 0.3) is 11.8 Å². The van der Waals surface area contributed by atoms with Gasteiger partial charge in [-0.15, -0.1) is 0 Å². The molecule has 2 aromatic rings. The molecule has 0 unspecified atom stereocenters. The molecule has 4 amide bonds. The van der Waals surface area contributed by atoms with E-state index < -0.39 is 43.3 Å². The third-order valence-electron chi connectivity index (χ3n) is 8.00. The molecule has 1 aromatic carbocycles. The summed E-state index contributed by atoms with van der Waals surface area (Å²) in [7, 11) is 1.59. The van der Waals surface area contributed by atoms with Gasteiger partial charge in [0.2, 0.25) is 17.7 Å². The van der Waals surface area contributed by atoms with Crippen molar-refractivity contribution in [2.24, 2.45) is 0 Å². The summed E-state index contributed by atoms with van der Waals surface area (Å²) in [6.45, 7) is 7.81. The van der Waals surface area contributed by atoms with Crippen LogP contribution in [0.2, 0.25) is 0 Å². The van der Waals surface area contributed by atoms with E-state index in [1.54, 1.807) is 36.2 Å². The minimum Gasteiger partial charge on any atom is -0.343 e. The fourth-order valence-electron chi connectivity index (χ4n) is 5.40. The molecule has 13 heteroatoms. The molecule has 11 nitrogen and oxygen atoms in total. The van der Waals surface area contributed by atoms with E-state index in [1.165, 1.54) is 17.2 Å². The van der Waals surface area contributed by atoms with Crippen molar-refractivity contribution < 1.29 is 28.0 Å². The van der Waals surface area contributed by atoms with Crippen LogP contribution in [0.4, 0.5) is 14.5 Å². The van der Waals surface area contributed by atoms with Crippen LogP contribution in [0.3, 0.4) is 0 Å². The lowest BCUT2D eigenvalue weighted by Gasteiger charge is -2.42. The van der Waals surface area contributed by atoms with Crippen molar-refractivity contribution in [1.29, 1.82) is 5.26 Å². The number of hydrogen-bond acceptors (Lipinski definition) is 7. The summed E-state index contributed by atoms with van der Waals surface area (Å²) in [4.78, 5) is 61.9. The van der Waals surface area contributed by atoms with E-state index in [0.717, 1.165) is 18.0 Å². The maximum atomic E-state index is 13.7. The fourth-order valence-corrected chi connectivity index (χ4v) is 5.40. The van der Waals surface area contributed by atoms with Crippen LogP contribution in [-0.4, -0.2) is 107 Å². The molecule has 1 aromatic heterocycles. The number of amides is 4. The summed E-state index contributed by atoms with van der Waals surface area (Å²) in [6, 6.07) is 6.86. The van der Waals surface area contributed by atoms with Gasteiger partial charge in [-0.25, -0.2) is 8.78 Å². The van der Waals surface area contributed by atoms with Crippen molar-refractivity contribution in [2.45, 2.75) is 57.5 Å². The number of alkyl halides is 2. The summed E-state index contributed by atoms with van der Waals surface area (Å²) in [5.74, 6) is -4.91. The highest BCUT2D eigenvalue weighted by atomic mass is 19.3. The number of benzene rings is 1. The van der Waals surface area contributed by atoms with E-state index in [9.17, 15) is 28.0 Å². The smallest absolute Gasteiger partial charge is 0.268 e. The first kappa shape index (κ1) is 31.7. The maximum Gasteiger partial charge on any atom is 0.268 e. The summed E-state index contributed by atoms with van der Waals surface area (Å²) in [5.41, 5.74) is 1.17. The van der Waals surface area contributed by atoms with Crippen molar-refractivity contribution >= 4 is 40.2 Å². The number of piperazine rings is 1. The van der Waals surface area contributed by atoms with Gasteiger partial charge in [-0.2, -0.15) is 5.26 Å². The summed E-state index contributed by atoms with van der Waals surface area (Å²) >= 11 is 0. The molecule has 2 aliphatic rings. The minimum absolute atomic E-state index is 0.0224. The highest BCUT2D eigenvalue weighted by molar-refractivity contribution is 6.08. The number of halogens is 2. The number of rotatable bonds is 7. The Labute approximate surface area is 249 Å². The van der Waals surface area contributed by atoms with E-state index >= 15 is 0 Å². The molecule has 2 aliphatic heterocycles. The zero-order chi connectivity index (χ0) is 31.5. The van der Waals surface area contributed by atoms with Crippen molar-refractivity contribution in [3.05, 3.63) is 36.0 Å². The average Bonchev–Trinajstić information content (AvgIpc) is 3.31. The van der Waals surface area contributed by atoms with E-state index in [0.29, 0.717) is 29.7 Å². The number of nitrogens with one attached hydrogen (secondary N) is 1. The van der Waals surface area contributed by atoms with E-state index in [-0.39, 0.29) is 35.8 Å². The SMILES string of the molecule is CN(C(=O)CCC(=O)N1CCN(C(C)(C)C)CC1)c1ccc2nccc(C(=O)NCC(=O)N3CC(F)(F)C[C@H]3C#N)c2c1. The van der Waals surface area contributed by atoms with Crippen LogP contribution in [-0.2, 0) is 14.4 Å². The molecule has 0 spiro atoms. The molecule has 1 atom stereocenters. The Morgan fingerprint density at radius 1 is 1.09 bits per heavy atom. The topological polar surface area (TPSA) is 130 Å². The number of aromatic nitrogens is 1. The molecule has 0 radical (unpaired) electrons. The second kappa shape index (κ2) is 12.6. The van der Waals surface area contributed by atoms with Crippen molar-refractivity contribution in [3.63, 3.8) is 0 Å². The van der Waals surface area contributed by atoms with Crippen LogP contribution in [0.25, 0.3) is 10.9 Å². The summed E-state index contributed by atoms with van der Waals surface area (Å²) < 4.78 is 27.4. The number of carbonyl (C=O) groups is 4. The second-order valence-electron chi connectivity index (χ2n) is 12.0. The Hall–Kier alpha value is -4.18. The molecule has 2 saturated heterocycles. The van der Waals surface area contributed by atoms with Crippen molar-refractivity contribution in [2.75, 3.05) is 51.2 Å². The van der Waals surface area contributed by atoms with Gasteiger partial charge in [-0.05, 0) is 45.0 Å². The Morgan fingerprint density at radius 2 is 1.79 bits per heavy atom. The first-order valence-corrected chi connectivity index (χ1v) is 14.2. The zero-order valence-electron chi connectivity index (χ0n) is 24.9. The maximum absolute atomic E-state index is 13.7. The predicted molar refractivity (Wildman–Crippen MR) is 155 cm³/mol. The largest absolute Gasteiger partial charge is 0.343 e. The molecule has 43 heavy (non-hydrogen) atoms. The highest BCUT2D eigenvalue weighted by Crippen LogP contribution is 2.31. The van der Waals surface area contributed by atoms with E-state index in [2.05, 4.69) is 36.0 Å². The molecule has 0 aliphatic carbocycles. The van der Waals surface area contributed by atoms with Gasteiger partial charge in [-0.1, -0.05) is 0 Å². The molecule has 0 saturated carbocycles. The first-order valence-electron chi connectivity index (χ1n) is 14.2. The van der Waals surface area contributed by atoms with Crippen LogP contribution in [0, 0.1) is 11.3 Å². The zero-order valence-corrected chi connectivity index (χ0v) is 24.9. The molecular formula is C30H37F2N7O4. The van der Waals surface area contributed by atoms with E-state index in [1.807, 2.05) is 0 Å². The lowest BCUT2D eigenvalue weighted by molar-refractivity contribution is -0.135. The minimum atomic E-state index is -3.16. The number of carbonyl (C=O) groups excluding carboxylic acids is 4. The number of nitriles is 1. The van der Waals surface area contributed by atoms with Gasteiger partial charge >= 0.3 is 0 Å². The lowest BCUT2D eigenvalue weighted by atomic mass is 10.0. The number of anilines is 1. The van der Waals surface area contributed by atoms with Crippen LogP contribution in [0.1, 0.15) is 50.4 Å². The van der Waals surface area contributed by atoms with Gasteiger partial charge < -0.3 is 20.0 Å². The predicted octanol–water partition coefficient (Wildman–Crippen LogP) is 2.41. The fraction of sp³-hybridized carbons (Fsp3) is 0.533. The third kappa shape index (κ3) is 7.43. The Kier molecular flexibility index (Phi) is 9.29. The number of pyridine rings is 1. The van der Waals surface area contributed by atoms with Crippen LogP contribution in [0.5, 0.6) is 0 Å². The molecule has 230 valence electrons. The Balaban J connectivity index is 1.37. The average molecular weight is 598 g/mol. The molecule has 4 rings (SSSR count). The number of fused-ring (bicyclic) bond motifs is 1. The van der Waals surface area contributed by atoms with Gasteiger partial charge in [0.1, 0.15) is 6.04 Å². The molecular weight excluding hydrogens is 560 g/mol. The summed E-state index contributed by atoms with van der Waals surface area (Å²) in [5, 5.41) is 12.0. The third-order valence-corrected chi connectivity index (χ3v) is 8.00. The normalized spacial score (nSPS) is 18.8. The van der Waals surface area contributed by atoms with Gasteiger partial charge in [-0.3, -0.25) is 29.1 Å². The Morgan fingerprint density at radius 3 is 2.44 bits per heavy atom. The molecule has 2 fully saturated rings. The van der Waals surface area contributed by atoms with Crippen LogP contribution in [0.15, 0.2) is 30.5 Å². The molecule has 0 bridgehead atoms. The second-order valence-corrected chi connectivity index (χ2v) is 12.0. The number of hydrogen-bond donors (Lipinski definition) is 1. The van der Waals surface area contributed by atoms with Gasteiger partial charge in [0, 0.05) is 75.3 Å². The van der Waals surface area contributed by atoms with Crippen LogP contribution < -0.4 is 10.2 Å². The van der Waals surface area contributed by atoms with Crippen molar-refractivity contribution in [1.82, 2.24) is 25.0 Å². The molecule has 1 N–H and O–H groups in total. The number of nitrogens with zero attached hydrogens (tertiary/aromatic N) is 6. The standard InChI is InChI=1S/C30H37F2N7O4/c1-29(2,3)38-13-11-37(12-14-38)26(41)8-7-25(40)36(4)20-5-6-24-23(15-20)22(9-10-34-24)28(43)35-18-27(42)39-19-30(31,32)16-21(39)17-33/h5-6,9-10,15,21H,7-8,11-14,16,18-19H2,1-4H3,(H,35,43)/t21-/m0/s1. The van der Waals surface area contributed by atoms with Gasteiger partial charge in [0.05, 0.1) is 30.2 Å². The number of likely N-dealkylation sites (tertiary alicyclic amines) is 1. The lowest BCUT2D eigenvalue weighted by Crippen LogP contribution is -2.54. The summed E-state index contributed by atoms with van der Waals surface area (Å²) in [6.07, 6.45) is 0.794. The van der Waals surface area contributed by atoms with Crippen molar-refractivity contribution in [3.8, 4) is 6.07 Å². The van der Waals surface area contributed by atoms with Crippen LogP contribution >= 0.6 is 0 Å². The monoisotopic (exact) mass is 597 g/mol. The quantitative estimate of drug-likeness (QED) is 0.519. The highest BCUT2D eigenvalue weighted by Gasteiger charge is 2.47. The van der Waals surface area contributed by atoms with Gasteiger partial charge in [0.15, 0.2) is 0 Å². The Bertz CT molecular complexity index is 1440. The molecule has 3 heterocycles. The first-order chi connectivity index (χ1) is 20.2. The van der Waals surface area contributed by atoms with E-state index in [4.69, 9.17) is 5.26 Å².